The first-order chi connectivity index (χ1) is 60.5. The van der Waals surface area contributed by atoms with Crippen LogP contribution in [0.1, 0.15) is 77.1 Å². The number of hydrogen-bond acceptors (Lipinski definition) is 16. The molecule has 10 heterocycles. The van der Waals surface area contributed by atoms with E-state index in [4.69, 9.17) is 40.5 Å². The highest BCUT2D eigenvalue weighted by Crippen LogP contribution is 2.35. The molecular formula is C96H85Br4ClN12O10S2. The van der Waals surface area contributed by atoms with Gasteiger partial charge in [-0.2, -0.15) is 4.98 Å². The van der Waals surface area contributed by atoms with Gasteiger partial charge in [-0.15, -0.1) is 0 Å². The Kier molecular flexibility index (Phi) is 29.2. The minimum absolute atomic E-state index is 0.285. The quantitative estimate of drug-likeness (QED) is 0.0530. The summed E-state index contributed by atoms with van der Waals surface area (Å²) in [6, 6.07) is 83.5. The molecule has 29 heteroatoms. The van der Waals surface area contributed by atoms with E-state index in [1.807, 2.05) is 152 Å². The van der Waals surface area contributed by atoms with Crippen LogP contribution in [0.5, 0.6) is 0 Å². The zero-order chi connectivity index (χ0) is 87.9. The third-order valence-electron chi connectivity index (χ3n) is 20.5. The Balaban J connectivity index is 0.000000122. The van der Waals surface area contributed by atoms with Gasteiger partial charge in [0.25, 0.3) is 20.0 Å². The number of esters is 2. The van der Waals surface area contributed by atoms with Crippen LogP contribution in [-0.4, -0.2) is 104 Å². The van der Waals surface area contributed by atoms with Crippen LogP contribution in [0.4, 0.5) is 11.6 Å². The lowest BCUT2D eigenvalue weighted by atomic mass is 10.1. The van der Waals surface area contributed by atoms with E-state index >= 15 is 0 Å². The van der Waals surface area contributed by atoms with Crippen LogP contribution in [0.25, 0.3) is 71.4 Å². The zero-order valence-electron chi connectivity index (χ0n) is 68.6. The van der Waals surface area contributed by atoms with E-state index < -0.39 is 20.0 Å². The van der Waals surface area contributed by atoms with Crippen molar-refractivity contribution in [1.82, 2.24) is 47.4 Å². The van der Waals surface area contributed by atoms with Crippen molar-refractivity contribution in [3.63, 3.8) is 0 Å². The number of ether oxygens (including phenoxy) is 4. The Labute approximate surface area is 761 Å². The highest BCUT2D eigenvalue weighted by molar-refractivity contribution is 9.11. The molecule has 8 aromatic heterocycles. The minimum Gasteiger partial charge on any atom is -0.465 e. The number of methoxy groups -OCH3 is 2. The van der Waals surface area contributed by atoms with Gasteiger partial charge in [0.05, 0.1) is 89.5 Å². The van der Waals surface area contributed by atoms with Gasteiger partial charge in [-0.3, -0.25) is 4.57 Å². The maximum Gasteiger partial charge on any atom is 0.338 e. The SMILES string of the molecule is Brc1cccc2[nH]ccc12.COC(=O)c1cccc2[nH]c(C)cc12.COC(=O)c1cccc2c1cc(C)n2-c1nc2c(c(NCc3ccccc3)n1)COCC2.Cc1cc2c(Br)cccc2[nH]1.Cc1cc2c(Br)cccc2n1S(=O)(=O)c1ccccc1.Clc1nc2c(c(NCc3ccccc3)n1)COCC2.O=S(=O)(c1ccccc1)n1ccc2c(Br)cccc21. The van der Waals surface area contributed by atoms with Crippen molar-refractivity contribution in [1.29, 1.82) is 0 Å². The van der Waals surface area contributed by atoms with Gasteiger partial charge in [0.1, 0.15) is 11.6 Å². The van der Waals surface area contributed by atoms with Gasteiger partial charge in [-0.05, 0) is 184 Å². The number of carbonyl (C=O) groups is 2. The second kappa shape index (κ2) is 40.9. The number of hydrogen-bond donors (Lipinski definition) is 5. The zero-order valence-corrected chi connectivity index (χ0v) is 77.4. The molecule has 5 N–H and O–H groups in total. The molecule has 0 fully saturated rings. The Morgan fingerprint density at radius 3 is 1.47 bits per heavy atom. The molecule has 2 aliphatic heterocycles. The molecule has 0 saturated heterocycles. The second-order valence-corrected chi connectivity index (χ2v) is 36.2. The Bertz CT molecular complexity index is 7130. The lowest BCUT2D eigenvalue weighted by Crippen LogP contribution is -2.19. The van der Waals surface area contributed by atoms with E-state index in [1.54, 1.807) is 98.0 Å². The summed E-state index contributed by atoms with van der Waals surface area (Å²) in [7, 11) is -4.33. The number of nitrogens with one attached hydrogen (secondary N) is 5. The smallest absolute Gasteiger partial charge is 0.338 e. The molecule has 0 amide bonds. The van der Waals surface area contributed by atoms with Gasteiger partial charge >= 0.3 is 11.9 Å². The largest absolute Gasteiger partial charge is 0.465 e. The highest BCUT2D eigenvalue weighted by atomic mass is 79.9. The molecule has 0 radical (unpaired) electrons. The maximum atomic E-state index is 12.8. The second-order valence-electron chi connectivity index (χ2n) is 28.9. The first-order valence-corrected chi connectivity index (χ1v) is 46.0. The van der Waals surface area contributed by atoms with Crippen LogP contribution >= 0.6 is 75.3 Å². The van der Waals surface area contributed by atoms with Crippen LogP contribution < -0.4 is 10.6 Å². The number of aromatic nitrogens is 10. The number of nitrogens with zero attached hydrogens (tertiary/aromatic N) is 7. The predicted octanol–water partition coefficient (Wildman–Crippen LogP) is 23.0. The van der Waals surface area contributed by atoms with Crippen LogP contribution in [0.15, 0.2) is 307 Å². The lowest BCUT2D eigenvalue weighted by molar-refractivity contribution is 0.0594. The number of rotatable bonds is 13. The molecule has 0 saturated carbocycles. The minimum atomic E-state index is -3.57. The summed E-state index contributed by atoms with van der Waals surface area (Å²) in [6.07, 6.45) is 5.04. The standard InChI is InChI=1S/C25H24N4O3.C15H12BrNO2S.C14H10BrNO2S.C14H14ClN3O.C11H11NO2.C9H8BrN.C8H6BrN/c1-16-13-19-18(24(30)31-2)9-6-10-22(19)29(16)25-27-21-11-12-32-15-20(21)23(28-25)26-14-17-7-4-3-5-8-17;1-11-10-13-14(16)8-5-9-15(13)17(11)20(18,19)12-6-3-2-4-7-12;15-13-7-4-8-14-12(13)9-10-16(14)19(17,18)11-5-2-1-3-6-11;15-14-17-12-6-7-19-9-11(12)13(18-14)16-8-10-4-2-1-3-5-10;1-7-6-9-8(11(13)14-2)4-3-5-10(9)12-7;1-6-5-7-8(10)3-2-4-9(7)11-6;9-7-2-1-3-8-6(7)4-5-10-8/h3-10,13H,11-12,14-15H2,1-2H3,(H,26,27,28);2-10H,1H3;1-10H;1-5H,6-9H2,(H,16,17,18);3-6,12H,1-2H3;2-5,11H,1H3;1-5,10H. The maximum absolute atomic E-state index is 12.8. The fraction of sp³-hybridized carbons (Fsp3) is 0.146. The molecule has 2 aliphatic rings. The van der Waals surface area contributed by atoms with Gasteiger partial charge in [0, 0.05) is 139 Å². The van der Waals surface area contributed by atoms with E-state index in [2.05, 4.69) is 161 Å². The number of aromatic amines is 3. The molecule has 125 heavy (non-hydrogen) atoms. The van der Waals surface area contributed by atoms with E-state index in [9.17, 15) is 26.4 Å². The normalized spacial score (nSPS) is 12.1. The number of anilines is 2. The first kappa shape index (κ1) is 89.4. The van der Waals surface area contributed by atoms with Gasteiger partial charge in [0.2, 0.25) is 11.2 Å². The predicted molar refractivity (Wildman–Crippen MR) is 509 cm³/mol. The Morgan fingerprint density at radius 2 is 0.904 bits per heavy atom. The van der Waals surface area contributed by atoms with Crippen molar-refractivity contribution >= 4 is 184 Å². The van der Waals surface area contributed by atoms with Crippen molar-refractivity contribution < 1.29 is 45.4 Å². The highest BCUT2D eigenvalue weighted by Gasteiger charge is 2.26. The van der Waals surface area contributed by atoms with Crippen LogP contribution in [0.2, 0.25) is 5.28 Å². The van der Waals surface area contributed by atoms with Crippen molar-refractivity contribution in [2.75, 3.05) is 38.1 Å². The molecule has 22 nitrogen and oxygen atoms in total. The molecular weight excluding hydrogens is 1900 g/mol. The topological polar surface area (TPSA) is 277 Å². The average Bonchev–Trinajstić information content (AvgIpc) is 1.64. The van der Waals surface area contributed by atoms with Crippen molar-refractivity contribution in [3.8, 4) is 5.95 Å². The first-order valence-electron chi connectivity index (χ1n) is 39.6. The van der Waals surface area contributed by atoms with E-state index in [-0.39, 0.29) is 22.1 Å². The van der Waals surface area contributed by atoms with Crippen molar-refractivity contribution in [2.24, 2.45) is 0 Å². The number of halogens is 5. The number of fused-ring (bicyclic) bond motifs is 8. The Morgan fingerprint density at radius 1 is 0.448 bits per heavy atom. The number of benzene rings is 10. The number of aryl methyl sites for hydroxylation is 4. The van der Waals surface area contributed by atoms with Crippen molar-refractivity contribution in [2.45, 2.75) is 76.6 Å². The summed E-state index contributed by atoms with van der Waals surface area (Å²) >= 11 is 19.8. The van der Waals surface area contributed by atoms with Crippen LogP contribution in [-0.2, 0) is 78.1 Å². The molecule has 636 valence electrons. The Hall–Kier alpha value is -11.8. The molecule has 0 unspecified atom stereocenters. The summed E-state index contributed by atoms with van der Waals surface area (Å²) in [4.78, 5) is 52.1. The van der Waals surface area contributed by atoms with Crippen LogP contribution in [0, 0.1) is 27.7 Å². The van der Waals surface area contributed by atoms with Gasteiger partial charge in [0.15, 0.2) is 0 Å². The molecule has 10 aromatic carbocycles. The number of carbonyl (C=O) groups excluding carboxylic acids is 2. The molecule has 0 spiro atoms. The molecule has 0 bridgehead atoms. The van der Waals surface area contributed by atoms with Gasteiger partial charge in [-0.1, -0.05) is 197 Å². The summed E-state index contributed by atoms with van der Waals surface area (Å²) in [5, 5.41) is 13.1. The van der Waals surface area contributed by atoms with E-state index in [0.29, 0.717) is 78.2 Å². The third-order valence-corrected chi connectivity index (χ3v) is 27.0. The summed E-state index contributed by atoms with van der Waals surface area (Å²) in [6.45, 7) is 11.5. The number of H-pyrrole nitrogens is 3. The van der Waals surface area contributed by atoms with Gasteiger partial charge < -0.3 is 44.5 Å². The molecule has 18 aromatic rings. The molecule has 0 aliphatic carbocycles. The van der Waals surface area contributed by atoms with Crippen LogP contribution in [0.3, 0.4) is 0 Å². The monoisotopic (exact) mass is 1980 g/mol. The fourth-order valence-corrected chi connectivity index (χ4v) is 19.6. The van der Waals surface area contributed by atoms with Crippen molar-refractivity contribution in [3.05, 3.63) is 370 Å². The van der Waals surface area contributed by atoms with E-state index in [1.165, 1.54) is 60.8 Å². The fourth-order valence-electron chi connectivity index (χ4n) is 14.5. The third kappa shape index (κ3) is 20.9. The molecule has 20 rings (SSSR count). The lowest BCUT2D eigenvalue weighted by Gasteiger charge is -2.21. The summed E-state index contributed by atoms with van der Waals surface area (Å²) < 4.78 is 80.3. The average molecular weight is 1990 g/mol. The van der Waals surface area contributed by atoms with Gasteiger partial charge in [-0.25, -0.2) is 49.3 Å². The summed E-state index contributed by atoms with van der Waals surface area (Å²) in [5.74, 6) is 1.48. The molecule has 0 atom stereocenters. The van der Waals surface area contributed by atoms with E-state index in [0.717, 1.165) is 109 Å². The summed E-state index contributed by atoms with van der Waals surface area (Å²) in [5.41, 5.74) is 16.9.